The van der Waals surface area contributed by atoms with Crippen molar-refractivity contribution in [1.82, 2.24) is 25.7 Å². The summed E-state index contributed by atoms with van der Waals surface area (Å²) in [5, 5.41) is 10.5. The summed E-state index contributed by atoms with van der Waals surface area (Å²) < 4.78 is 11.2. The molecular formula is C20H35N5O3. The first kappa shape index (κ1) is 21.2. The molecule has 2 saturated heterocycles. The van der Waals surface area contributed by atoms with Gasteiger partial charge in [0, 0.05) is 19.7 Å². The highest BCUT2D eigenvalue weighted by molar-refractivity contribution is 5.81. The zero-order valence-corrected chi connectivity index (χ0v) is 17.4. The summed E-state index contributed by atoms with van der Waals surface area (Å²) in [4.78, 5) is 19.0. The summed E-state index contributed by atoms with van der Waals surface area (Å²) >= 11 is 0. The van der Waals surface area contributed by atoms with Crippen molar-refractivity contribution in [1.29, 1.82) is 0 Å². The molecule has 1 aromatic heterocycles. The first-order chi connectivity index (χ1) is 13.5. The normalized spacial score (nSPS) is 24.6. The second-order valence-corrected chi connectivity index (χ2v) is 8.55. The Balaban J connectivity index is 1.42. The van der Waals surface area contributed by atoms with Crippen LogP contribution in [0, 0.1) is 11.8 Å². The molecule has 8 nitrogen and oxygen atoms in total. The van der Waals surface area contributed by atoms with Crippen molar-refractivity contribution in [3.05, 3.63) is 11.7 Å². The number of carbonyl (C=O) groups excluding carboxylic acids is 1. The quantitative estimate of drug-likeness (QED) is 0.662. The van der Waals surface area contributed by atoms with E-state index in [0.717, 1.165) is 51.9 Å². The summed E-state index contributed by atoms with van der Waals surface area (Å²) in [5.41, 5.74) is 0. The van der Waals surface area contributed by atoms with Crippen molar-refractivity contribution in [2.24, 2.45) is 11.8 Å². The Labute approximate surface area is 167 Å². The lowest BCUT2D eigenvalue weighted by molar-refractivity contribution is -0.123. The van der Waals surface area contributed by atoms with Crippen LogP contribution in [0.15, 0.2) is 4.52 Å². The van der Waals surface area contributed by atoms with Gasteiger partial charge in [-0.2, -0.15) is 4.98 Å². The van der Waals surface area contributed by atoms with Gasteiger partial charge in [0.15, 0.2) is 5.82 Å². The van der Waals surface area contributed by atoms with Gasteiger partial charge in [0.05, 0.1) is 12.6 Å². The number of ether oxygens (including phenoxy) is 1. The molecule has 28 heavy (non-hydrogen) atoms. The van der Waals surface area contributed by atoms with E-state index in [1.54, 1.807) is 0 Å². The molecule has 8 heteroatoms. The van der Waals surface area contributed by atoms with E-state index in [4.69, 9.17) is 9.26 Å². The summed E-state index contributed by atoms with van der Waals surface area (Å²) in [6, 6.07) is -0.00332. The van der Waals surface area contributed by atoms with Gasteiger partial charge in [0.25, 0.3) is 0 Å². The van der Waals surface area contributed by atoms with Gasteiger partial charge in [-0.1, -0.05) is 19.0 Å². The van der Waals surface area contributed by atoms with Gasteiger partial charge in [-0.15, -0.1) is 0 Å². The van der Waals surface area contributed by atoms with Crippen LogP contribution in [-0.2, 0) is 16.1 Å². The first-order valence-corrected chi connectivity index (χ1v) is 10.7. The lowest BCUT2D eigenvalue weighted by Crippen LogP contribution is -2.45. The highest BCUT2D eigenvalue weighted by Crippen LogP contribution is 2.19. The van der Waals surface area contributed by atoms with Crippen LogP contribution in [0.1, 0.15) is 64.3 Å². The van der Waals surface area contributed by atoms with Crippen LogP contribution in [0.2, 0.25) is 0 Å². The first-order valence-electron chi connectivity index (χ1n) is 10.7. The van der Waals surface area contributed by atoms with Crippen LogP contribution in [0.5, 0.6) is 0 Å². The predicted molar refractivity (Wildman–Crippen MR) is 106 cm³/mol. The van der Waals surface area contributed by atoms with Gasteiger partial charge >= 0.3 is 0 Å². The van der Waals surface area contributed by atoms with E-state index in [-0.39, 0.29) is 18.1 Å². The van der Waals surface area contributed by atoms with Gasteiger partial charge in [-0.3, -0.25) is 9.69 Å². The SMILES string of the molecule is CC(C)COC(C)c1noc(CN2CCCC(CNC(=O)C3CCCN3)C2)n1. The number of hydrogen-bond donors (Lipinski definition) is 2. The fourth-order valence-electron chi connectivity index (χ4n) is 3.84. The largest absolute Gasteiger partial charge is 0.370 e. The van der Waals surface area contributed by atoms with Crippen LogP contribution in [0.3, 0.4) is 0 Å². The standard InChI is InChI=1S/C20H35N5O3/c1-14(2)13-27-15(3)19-23-18(28-24-19)12-25-9-5-6-16(11-25)10-22-20(26)17-7-4-8-21-17/h14-17,21H,4-13H2,1-3H3,(H,22,26). The van der Waals surface area contributed by atoms with E-state index in [1.807, 2.05) is 6.92 Å². The van der Waals surface area contributed by atoms with E-state index in [2.05, 4.69) is 39.5 Å². The Morgan fingerprint density at radius 2 is 2.21 bits per heavy atom. The third-order valence-electron chi connectivity index (χ3n) is 5.43. The van der Waals surface area contributed by atoms with Gasteiger partial charge in [-0.05, 0) is 57.5 Å². The average Bonchev–Trinajstić information content (AvgIpc) is 3.36. The number of nitrogens with zero attached hydrogens (tertiary/aromatic N) is 3. The molecule has 3 heterocycles. The third kappa shape index (κ3) is 6.25. The second-order valence-electron chi connectivity index (χ2n) is 8.55. The van der Waals surface area contributed by atoms with Crippen LogP contribution in [-0.4, -0.2) is 59.8 Å². The van der Waals surface area contributed by atoms with Crippen molar-refractivity contribution in [2.45, 2.75) is 65.1 Å². The molecule has 2 N–H and O–H groups in total. The molecule has 0 spiro atoms. The van der Waals surface area contributed by atoms with Crippen LogP contribution in [0.4, 0.5) is 0 Å². The number of piperidine rings is 1. The second kappa shape index (κ2) is 10.3. The summed E-state index contributed by atoms with van der Waals surface area (Å²) in [5.74, 6) is 2.33. The molecule has 0 saturated carbocycles. The van der Waals surface area contributed by atoms with Gasteiger partial charge in [0.2, 0.25) is 11.8 Å². The maximum Gasteiger partial charge on any atom is 0.240 e. The number of carbonyl (C=O) groups is 1. The third-order valence-corrected chi connectivity index (χ3v) is 5.43. The smallest absolute Gasteiger partial charge is 0.240 e. The Bertz CT molecular complexity index is 615. The zero-order chi connectivity index (χ0) is 19.9. The molecule has 0 aromatic carbocycles. The van der Waals surface area contributed by atoms with Crippen LogP contribution in [0.25, 0.3) is 0 Å². The van der Waals surface area contributed by atoms with Crippen LogP contribution >= 0.6 is 0 Å². The summed E-state index contributed by atoms with van der Waals surface area (Å²) in [6.07, 6.45) is 4.14. The summed E-state index contributed by atoms with van der Waals surface area (Å²) in [7, 11) is 0. The molecule has 158 valence electrons. The molecule has 3 rings (SSSR count). The minimum absolute atomic E-state index is 0.00332. The van der Waals surface area contributed by atoms with E-state index in [0.29, 0.717) is 36.7 Å². The topological polar surface area (TPSA) is 92.5 Å². The molecule has 0 bridgehead atoms. The molecule has 2 aliphatic heterocycles. The van der Waals surface area contributed by atoms with E-state index >= 15 is 0 Å². The predicted octanol–water partition coefficient (Wildman–Crippen LogP) is 1.88. The Kier molecular flexibility index (Phi) is 7.82. The van der Waals surface area contributed by atoms with Crippen LogP contribution < -0.4 is 10.6 Å². The molecule has 1 aromatic rings. The highest BCUT2D eigenvalue weighted by atomic mass is 16.5. The molecule has 0 aliphatic carbocycles. The lowest BCUT2D eigenvalue weighted by atomic mass is 9.98. The number of hydrogen-bond acceptors (Lipinski definition) is 7. The highest BCUT2D eigenvalue weighted by Gasteiger charge is 2.25. The number of amides is 1. The number of rotatable bonds is 9. The molecule has 3 unspecified atom stereocenters. The fourth-order valence-corrected chi connectivity index (χ4v) is 3.84. The zero-order valence-electron chi connectivity index (χ0n) is 17.4. The average molecular weight is 394 g/mol. The minimum atomic E-state index is -0.159. The molecule has 2 fully saturated rings. The maximum absolute atomic E-state index is 12.2. The lowest BCUT2D eigenvalue weighted by Gasteiger charge is -2.32. The molecule has 2 aliphatic rings. The Morgan fingerprint density at radius 3 is 2.96 bits per heavy atom. The van der Waals surface area contributed by atoms with Crippen molar-refractivity contribution in [3.8, 4) is 0 Å². The number of aromatic nitrogens is 2. The van der Waals surface area contributed by atoms with E-state index in [1.165, 1.54) is 0 Å². The Hall–Kier alpha value is -1.51. The fraction of sp³-hybridized carbons (Fsp3) is 0.850. The monoisotopic (exact) mass is 393 g/mol. The van der Waals surface area contributed by atoms with Crippen molar-refractivity contribution >= 4 is 5.91 Å². The van der Waals surface area contributed by atoms with Gasteiger partial charge in [0.1, 0.15) is 6.10 Å². The molecule has 0 radical (unpaired) electrons. The van der Waals surface area contributed by atoms with E-state index < -0.39 is 0 Å². The summed E-state index contributed by atoms with van der Waals surface area (Å²) in [6.45, 7) is 11.2. The number of nitrogens with one attached hydrogen (secondary N) is 2. The minimum Gasteiger partial charge on any atom is -0.370 e. The van der Waals surface area contributed by atoms with Crippen molar-refractivity contribution in [3.63, 3.8) is 0 Å². The van der Waals surface area contributed by atoms with E-state index in [9.17, 15) is 4.79 Å². The maximum atomic E-state index is 12.2. The van der Waals surface area contributed by atoms with Gasteiger partial charge in [-0.25, -0.2) is 0 Å². The van der Waals surface area contributed by atoms with Gasteiger partial charge < -0.3 is 19.9 Å². The molecular weight excluding hydrogens is 358 g/mol. The Morgan fingerprint density at radius 1 is 1.36 bits per heavy atom. The van der Waals surface area contributed by atoms with Crippen molar-refractivity contribution < 1.29 is 14.1 Å². The molecule has 1 amide bonds. The molecule has 3 atom stereocenters. The van der Waals surface area contributed by atoms with Crippen molar-refractivity contribution in [2.75, 3.05) is 32.8 Å². The number of likely N-dealkylation sites (tertiary alicyclic amines) is 1.